The van der Waals surface area contributed by atoms with E-state index in [0.717, 1.165) is 33.7 Å². The molecule has 0 amide bonds. The van der Waals surface area contributed by atoms with Crippen LogP contribution in [0.25, 0.3) is 65.7 Å². The molecule has 0 fully saturated rings. The first-order chi connectivity index (χ1) is 19.3. The van der Waals surface area contributed by atoms with Crippen LogP contribution in [0.5, 0.6) is 0 Å². The van der Waals surface area contributed by atoms with Gasteiger partial charge in [-0.1, -0.05) is 116 Å². The molecule has 39 heavy (non-hydrogen) atoms. The van der Waals surface area contributed by atoms with Gasteiger partial charge in [0.1, 0.15) is 5.82 Å². The maximum atomic E-state index is 5.09. The largest absolute Gasteiger partial charge is 0.292 e. The third-order valence-electron chi connectivity index (χ3n) is 7.52. The minimum absolute atomic E-state index is 0.847. The van der Waals surface area contributed by atoms with Gasteiger partial charge < -0.3 is 0 Å². The lowest BCUT2D eigenvalue weighted by Gasteiger charge is -2.12. The maximum absolute atomic E-state index is 5.09. The zero-order valence-corrected chi connectivity index (χ0v) is 21.5. The lowest BCUT2D eigenvalue weighted by Crippen LogP contribution is -1.99. The van der Waals surface area contributed by atoms with Gasteiger partial charge in [0.05, 0.1) is 11.0 Å². The molecule has 2 heteroatoms. The number of hydrogen-bond acceptors (Lipinski definition) is 1. The number of para-hydroxylation sites is 1. The highest BCUT2D eigenvalue weighted by atomic mass is 15.1. The number of rotatable bonds is 5. The summed E-state index contributed by atoms with van der Waals surface area (Å²) in [5, 5.41) is 7.67. The molecule has 1 aromatic heterocycles. The first kappa shape index (κ1) is 22.9. The highest BCUT2D eigenvalue weighted by Crippen LogP contribution is 2.38. The van der Waals surface area contributed by atoms with Crippen molar-refractivity contribution in [1.29, 1.82) is 0 Å². The Morgan fingerprint density at radius 2 is 1.15 bits per heavy atom. The Bertz CT molecular complexity index is 2060. The predicted molar refractivity (Wildman–Crippen MR) is 167 cm³/mol. The van der Waals surface area contributed by atoms with Crippen LogP contribution < -0.4 is 0 Å². The second-order valence-corrected chi connectivity index (χ2v) is 9.72. The molecule has 0 atom stereocenters. The first-order valence-electron chi connectivity index (χ1n) is 13.1. The lowest BCUT2D eigenvalue weighted by atomic mass is 9.92. The summed E-state index contributed by atoms with van der Waals surface area (Å²) in [7, 11) is 0. The smallest absolute Gasteiger partial charge is 0.145 e. The molecule has 7 rings (SSSR count). The molecule has 0 N–H and O–H groups in total. The Morgan fingerprint density at radius 1 is 0.590 bits per heavy atom. The van der Waals surface area contributed by atoms with Crippen LogP contribution in [0, 0.1) is 0 Å². The van der Waals surface area contributed by atoms with Crippen LogP contribution in [0.15, 0.2) is 147 Å². The van der Waals surface area contributed by atoms with Gasteiger partial charge in [0.15, 0.2) is 0 Å². The van der Waals surface area contributed by atoms with E-state index in [-0.39, 0.29) is 0 Å². The van der Waals surface area contributed by atoms with E-state index in [4.69, 9.17) is 4.98 Å². The van der Waals surface area contributed by atoms with Gasteiger partial charge in [-0.15, -0.1) is 0 Å². The summed E-state index contributed by atoms with van der Waals surface area (Å²) in [6.07, 6.45) is 5.57. The number of nitrogens with zero attached hydrogens (tertiary/aromatic N) is 2. The normalized spacial score (nSPS) is 11.9. The Balaban J connectivity index is 1.46. The highest BCUT2D eigenvalue weighted by Gasteiger charge is 2.16. The summed E-state index contributed by atoms with van der Waals surface area (Å²) >= 11 is 0. The van der Waals surface area contributed by atoms with Crippen molar-refractivity contribution in [2.45, 2.75) is 0 Å². The molecule has 0 aliphatic heterocycles. The number of fused-ring (bicyclic) bond motifs is 7. The Morgan fingerprint density at radius 3 is 1.79 bits per heavy atom. The molecular formula is C37H26N2. The molecule has 184 valence electrons. The van der Waals surface area contributed by atoms with Gasteiger partial charge in [-0.3, -0.25) is 4.57 Å². The van der Waals surface area contributed by atoms with Crippen LogP contribution in [-0.2, 0) is 0 Å². The molecule has 0 spiro atoms. The van der Waals surface area contributed by atoms with Crippen molar-refractivity contribution in [2.24, 2.45) is 0 Å². The standard InChI is InChI=1S/C37H26N2/c1-3-12-25(4-2)37-38-35-24-27(20-22-36(35)39(37)28-13-6-5-7-14-28)26-19-21-33-31-17-9-8-15-29(31)30-16-10-11-18-32(30)34(33)23-26/h3-24H,1-2H2/b25-12+. The Hall–Kier alpha value is -5.21. The molecular weight excluding hydrogens is 472 g/mol. The minimum Gasteiger partial charge on any atom is -0.292 e. The van der Waals surface area contributed by atoms with Gasteiger partial charge in [-0.25, -0.2) is 4.98 Å². The maximum Gasteiger partial charge on any atom is 0.145 e. The number of benzene rings is 6. The van der Waals surface area contributed by atoms with Crippen molar-refractivity contribution in [1.82, 2.24) is 9.55 Å². The number of aromatic nitrogens is 2. The molecule has 0 unspecified atom stereocenters. The molecule has 0 bridgehead atoms. The van der Waals surface area contributed by atoms with Gasteiger partial charge in [0.25, 0.3) is 0 Å². The fraction of sp³-hybridized carbons (Fsp3) is 0. The summed E-state index contributed by atoms with van der Waals surface area (Å²) in [6.45, 7) is 7.92. The van der Waals surface area contributed by atoms with Crippen LogP contribution in [0.3, 0.4) is 0 Å². The predicted octanol–water partition coefficient (Wildman–Crippen LogP) is 9.91. The van der Waals surface area contributed by atoms with Crippen LogP contribution in [0.2, 0.25) is 0 Å². The van der Waals surface area contributed by atoms with Crippen molar-refractivity contribution in [3.05, 3.63) is 152 Å². The fourth-order valence-corrected chi connectivity index (χ4v) is 5.74. The van der Waals surface area contributed by atoms with Crippen molar-refractivity contribution in [3.63, 3.8) is 0 Å². The van der Waals surface area contributed by atoms with Crippen molar-refractivity contribution in [3.8, 4) is 16.8 Å². The van der Waals surface area contributed by atoms with Gasteiger partial charge in [0, 0.05) is 11.3 Å². The average molecular weight is 499 g/mol. The van der Waals surface area contributed by atoms with E-state index < -0.39 is 0 Å². The monoisotopic (exact) mass is 498 g/mol. The molecule has 0 saturated carbocycles. The fourth-order valence-electron chi connectivity index (χ4n) is 5.74. The van der Waals surface area contributed by atoms with E-state index in [0.29, 0.717) is 0 Å². The quantitative estimate of drug-likeness (QED) is 0.171. The van der Waals surface area contributed by atoms with Crippen LogP contribution in [-0.4, -0.2) is 9.55 Å². The van der Waals surface area contributed by atoms with Crippen LogP contribution >= 0.6 is 0 Å². The number of allylic oxidation sites excluding steroid dienone is 4. The lowest BCUT2D eigenvalue weighted by molar-refractivity contribution is 1.06. The van der Waals surface area contributed by atoms with Crippen LogP contribution in [0.4, 0.5) is 0 Å². The number of hydrogen-bond donors (Lipinski definition) is 0. The van der Waals surface area contributed by atoms with Gasteiger partial charge >= 0.3 is 0 Å². The van der Waals surface area contributed by atoms with Gasteiger partial charge in [0.2, 0.25) is 0 Å². The molecule has 0 aliphatic rings. The van der Waals surface area contributed by atoms with E-state index in [9.17, 15) is 0 Å². The van der Waals surface area contributed by atoms with E-state index in [1.807, 2.05) is 30.4 Å². The summed E-state index contributed by atoms with van der Waals surface area (Å²) < 4.78 is 2.19. The summed E-state index contributed by atoms with van der Waals surface area (Å²) in [5.74, 6) is 0.847. The zero-order chi connectivity index (χ0) is 26.3. The topological polar surface area (TPSA) is 17.8 Å². The molecule has 7 aromatic rings. The van der Waals surface area contributed by atoms with E-state index in [2.05, 4.69) is 115 Å². The molecule has 2 nitrogen and oxygen atoms in total. The van der Waals surface area contributed by atoms with E-state index >= 15 is 0 Å². The second-order valence-electron chi connectivity index (χ2n) is 9.72. The van der Waals surface area contributed by atoms with Crippen molar-refractivity contribution >= 4 is 48.9 Å². The SMILES string of the molecule is C=C/C=C(\C=C)c1nc2cc(-c3ccc4c5ccccc5c5ccccc5c4c3)ccc2n1-c1ccccc1. The van der Waals surface area contributed by atoms with E-state index in [1.165, 1.54) is 37.9 Å². The minimum atomic E-state index is 0.847. The van der Waals surface area contributed by atoms with Crippen LogP contribution in [0.1, 0.15) is 5.82 Å². The van der Waals surface area contributed by atoms with Crippen molar-refractivity contribution in [2.75, 3.05) is 0 Å². The summed E-state index contributed by atoms with van der Waals surface area (Å²) in [5.41, 5.74) is 6.28. The molecule has 0 radical (unpaired) electrons. The average Bonchev–Trinajstić information content (AvgIpc) is 3.39. The van der Waals surface area contributed by atoms with Crippen molar-refractivity contribution < 1.29 is 0 Å². The highest BCUT2D eigenvalue weighted by molar-refractivity contribution is 6.25. The first-order valence-corrected chi connectivity index (χ1v) is 13.1. The molecule has 0 aliphatic carbocycles. The molecule has 0 saturated heterocycles. The third kappa shape index (κ3) is 3.69. The van der Waals surface area contributed by atoms with E-state index in [1.54, 1.807) is 6.08 Å². The number of imidazole rings is 1. The molecule has 6 aromatic carbocycles. The third-order valence-corrected chi connectivity index (χ3v) is 7.52. The second kappa shape index (κ2) is 9.27. The zero-order valence-electron chi connectivity index (χ0n) is 21.5. The summed E-state index contributed by atoms with van der Waals surface area (Å²) in [6, 6.07) is 41.1. The Kier molecular flexibility index (Phi) is 5.45. The molecule has 1 heterocycles. The van der Waals surface area contributed by atoms with Gasteiger partial charge in [-0.2, -0.15) is 0 Å². The Labute approximate surface area is 227 Å². The van der Waals surface area contributed by atoms with Gasteiger partial charge in [-0.05, 0) is 73.8 Å². The summed E-state index contributed by atoms with van der Waals surface area (Å²) in [4.78, 5) is 5.09.